The molecule has 0 spiro atoms. The van der Waals surface area contributed by atoms with Gasteiger partial charge < -0.3 is 15.5 Å². The number of aromatic nitrogens is 2. The lowest BCUT2D eigenvalue weighted by atomic mass is 10.1. The van der Waals surface area contributed by atoms with Gasteiger partial charge in [0.2, 0.25) is 9.84 Å². The van der Waals surface area contributed by atoms with E-state index in [9.17, 15) is 18.0 Å². The van der Waals surface area contributed by atoms with E-state index in [0.29, 0.717) is 29.8 Å². The lowest BCUT2D eigenvalue weighted by Gasteiger charge is -2.06. The van der Waals surface area contributed by atoms with Gasteiger partial charge in [-0.3, -0.25) is 4.98 Å². The summed E-state index contributed by atoms with van der Waals surface area (Å²) in [4.78, 5) is 28.1. The Morgan fingerprint density at radius 3 is 2.31 bits per heavy atom. The maximum atomic E-state index is 13.0. The van der Waals surface area contributed by atoms with Crippen molar-refractivity contribution in [2.24, 2.45) is 0 Å². The van der Waals surface area contributed by atoms with Crippen molar-refractivity contribution >= 4 is 44.7 Å². The fourth-order valence-corrected chi connectivity index (χ4v) is 5.72. The summed E-state index contributed by atoms with van der Waals surface area (Å²) in [6.07, 6.45) is 5.58. The largest absolute Gasteiger partial charge is 0.478 e. The Hall–Kier alpha value is -3.12. The number of carbonyl (C=O) groups is 2. The summed E-state index contributed by atoms with van der Waals surface area (Å²) in [5.41, 5.74) is 1.16. The molecule has 168 valence electrons. The predicted molar refractivity (Wildman–Crippen MR) is 119 cm³/mol. The second kappa shape index (κ2) is 11.5. The molecule has 0 aromatic carbocycles. The smallest absolute Gasteiger partial charge is 0.328 e. The SMILES string of the molecule is CNCc1cc(-c2cccnc2Cl)c(S(=O)(=O)c2cccnc2)s1.O=C(O)C=CC(=O)O. The average molecular weight is 496 g/mol. The number of carboxylic acids is 2. The van der Waals surface area contributed by atoms with Crippen LogP contribution in [0.3, 0.4) is 0 Å². The molecule has 0 saturated carbocycles. The van der Waals surface area contributed by atoms with Crippen molar-refractivity contribution in [3.8, 4) is 11.1 Å². The Morgan fingerprint density at radius 1 is 1.12 bits per heavy atom. The van der Waals surface area contributed by atoms with Crippen LogP contribution in [0.5, 0.6) is 0 Å². The van der Waals surface area contributed by atoms with Gasteiger partial charge in [0, 0.05) is 53.3 Å². The van der Waals surface area contributed by atoms with Gasteiger partial charge in [-0.05, 0) is 37.4 Å². The zero-order valence-electron chi connectivity index (χ0n) is 16.6. The van der Waals surface area contributed by atoms with Gasteiger partial charge in [-0.2, -0.15) is 0 Å². The molecule has 0 bridgehead atoms. The van der Waals surface area contributed by atoms with Crippen LogP contribution in [-0.2, 0) is 26.0 Å². The number of rotatable bonds is 7. The lowest BCUT2D eigenvalue weighted by Crippen LogP contribution is -2.03. The fourth-order valence-electron chi connectivity index (χ4n) is 2.41. The molecule has 9 nitrogen and oxygen atoms in total. The molecule has 0 saturated heterocycles. The molecule has 3 aromatic heterocycles. The molecule has 0 aliphatic carbocycles. The minimum atomic E-state index is -3.69. The Balaban J connectivity index is 0.000000390. The minimum absolute atomic E-state index is 0.157. The molecule has 0 aliphatic heterocycles. The third-order valence-electron chi connectivity index (χ3n) is 3.71. The Bertz CT molecular complexity index is 1210. The molecule has 0 unspecified atom stereocenters. The minimum Gasteiger partial charge on any atom is -0.478 e. The normalized spacial score (nSPS) is 11.1. The number of hydrogen-bond acceptors (Lipinski definition) is 8. The Kier molecular flexibility index (Phi) is 9.02. The maximum absolute atomic E-state index is 13.0. The van der Waals surface area contributed by atoms with Gasteiger partial charge in [-0.1, -0.05) is 11.6 Å². The molecule has 0 atom stereocenters. The number of halogens is 1. The standard InChI is InChI=1S/C16H14ClN3O2S2.C4H4O4/c1-18-9-11-8-14(13-5-3-7-20-15(13)17)16(23-11)24(21,22)12-4-2-6-19-10-12;5-3(6)1-2-4(7)8/h2-8,10,18H,9H2,1H3;1-2H,(H,5,6)(H,7,8). The first-order chi connectivity index (χ1) is 15.2. The topological polar surface area (TPSA) is 147 Å². The van der Waals surface area contributed by atoms with Gasteiger partial charge in [0.1, 0.15) is 9.36 Å². The molecule has 0 aliphatic rings. The molecule has 0 amide bonds. The van der Waals surface area contributed by atoms with E-state index in [1.54, 1.807) is 30.6 Å². The molecule has 3 rings (SSSR count). The molecule has 0 radical (unpaired) electrons. The molecular weight excluding hydrogens is 478 g/mol. The summed E-state index contributed by atoms with van der Waals surface area (Å²) in [6.45, 7) is 0.568. The number of thiophene rings is 1. The summed E-state index contributed by atoms with van der Waals surface area (Å²) < 4.78 is 26.3. The molecule has 32 heavy (non-hydrogen) atoms. The summed E-state index contributed by atoms with van der Waals surface area (Å²) in [6, 6.07) is 8.48. The zero-order chi connectivity index (χ0) is 23.7. The number of nitrogens with zero attached hydrogens (tertiary/aromatic N) is 2. The van der Waals surface area contributed by atoms with Crippen LogP contribution in [0.1, 0.15) is 4.88 Å². The number of hydrogen-bond donors (Lipinski definition) is 3. The first-order valence-electron chi connectivity index (χ1n) is 8.84. The van der Waals surface area contributed by atoms with Crippen LogP contribution in [0.4, 0.5) is 0 Å². The van der Waals surface area contributed by atoms with Crippen LogP contribution in [0.15, 0.2) is 70.2 Å². The van der Waals surface area contributed by atoms with Gasteiger partial charge in [-0.15, -0.1) is 11.3 Å². The van der Waals surface area contributed by atoms with Gasteiger partial charge in [0.15, 0.2) is 0 Å². The van der Waals surface area contributed by atoms with E-state index in [-0.39, 0.29) is 14.3 Å². The van der Waals surface area contributed by atoms with Crippen LogP contribution in [-0.4, -0.2) is 47.6 Å². The second-order valence-electron chi connectivity index (χ2n) is 5.99. The van der Waals surface area contributed by atoms with E-state index in [0.717, 1.165) is 4.88 Å². The molecule has 3 heterocycles. The maximum Gasteiger partial charge on any atom is 0.328 e. The lowest BCUT2D eigenvalue weighted by molar-refractivity contribution is -0.134. The van der Waals surface area contributed by atoms with Crippen molar-refractivity contribution in [3.05, 3.63) is 71.1 Å². The van der Waals surface area contributed by atoms with Crippen molar-refractivity contribution in [2.45, 2.75) is 15.6 Å². The number of nitrogens with one attached hydrogen (secondary N) is 1. The third kappa shape index (κ3) is 6.69. The Labute approximate surface area is 193 Å². The highest BCUT2D eigenvalue weighted by Crippen LogP contribution is 2.40. The van der Waals surface area contributed by atoms with E-state index < -0.39 is 21.8 Å². The van der Waals surface area contributed by atoms with Crippen molar-refractivity contribution in [1.82, 2.24) is 15.3 Å². The van der Waals surface area contributed by atoms with Crippen molar-refractivity contribution in [1.29, 1.82) is 0 Å². The average Bonchev–Trinajstić information content (AvgIpc) is 3.18. The highest BCUT2D eigenvalue weighted by Gasteiger charge is 2.26. The van der Waals surface area contributed by atoms with Gasteiger partial charge >= 0.3 is 11.9 Å². The summed E-state index contributed by atoms with van der Waals surface area (Å²) in [7, 11) is -1.88. The van der Waals surface area contributed by atoms with E-state index in [2.05, 4.69) is 15.3 Å². The first-order valence-corrected chi connectivity index (χ1v) is 11.5. The van der Waals surface area contributed by atoms with Crippen LogP contribution < -0.4 is 5.32 Å². The highest BCUT2D eigenvalue weighted by molar-refractivity contribution is 7.93. The van der Waals surface area contributed by atoms with Crippen LogP contribution >= 0.6 is 22.9 Å². The monoisotopic (exact) mass is 495 g/mol. The van der Waals surface area contributed by atoms with Crippen molar-refractivity contribution in [3.63, 3.8) is 0 Å². The predicted octanol–water partition coefficient (Wildman–Crippen LogP) is 3.12. The van der Waals surface area contributed by atoms with E-state index in [1.807, 2.05) is 13.1 Å². The van der Waals surface area contributed by atoms with E-state index >= 15 is 0 Å². The molecule has 0 fully saturated rings. The first kappa shape index (κ1) is 25.1. The molecule has 3 N–H and O–H groups in total. The number of sulfone groups is 1. The van der Waals surface area contributed by atoms with Crippen LogP contribution in [0, 0.1) is 0 Å². The van der Waals surface area contributed by atoms with Gasteiger partial charge in [0.05, 0.1) is 4.90 Å². The quantitative estimate of drug-likeness (QED) is 0.332. The van der Waals surface area contributed by atoms with Crippen molar-refractivity contribution < 1.29 is 28.2 Å². The van der Waals surface area contributed by atoms with Gasteiger partial charge in [-0.25, -0.2) is 23.0 Å². The van der Waals surface area contributed by atoms with E-state index in [1.165, 1.54) is 23.6 Å². The highest BCUT2D eigenvalue weighted by atomic mass is 35.5. The van der Waals surface area contributed by atoms with Crippen molar-refractivity contribution in [2.75, 3.05) is 7.05 Å². The van der Waals surface area contributed by atoms with Gasteiger partial charge in [0.25, 0.3) is 0 Å². The molecule has 3 aromatic rings. The summed E-state index contributed by atoms with van der Waals surface area (Å²) >= 11 is 7.41. The van der Waals surface area contributed by atoms with Crippen LogP contribution in [0.2, 0.25) is 5.15 Å². The summed E-state index contributed by atoms with van der Waals surface area (Å²) in [5, 5.41) is 18.9. The zero-order valence-corrected chi connectivity index (χ0v) is 19.0. The summed E-state index contributed by atoms with van der Waals surface area (Å²) in [5.74, 6) is -2.51. The van der Waals surface area contributed by atoms with E-state index in [4.69, 9.17) is 21.8 Å². The second-order valence-corrected chi connectivity index (χ2v) is 9.63. The van der Waals surface area contributed by atoms with Crippen LogP contribution in [0.25, 0.3) is 11.1 Å². The fraction of sp³-hybridized carbons (Fsp3) is 0.100. The third-order valence-corrected chi connectivity index (χ3v) is 7.42. The Morgan fingerprint density at radius 2 is 1.78 bits per heavy atom. The number of pyridine rings is 2. The number of carboxylic acid groups (broad SMARTS) is 2. The molecular formula is C20H18ClN3O6S2. The number of aliphatic carboxylic acids is 2. The molecule has 12 heteroatoms.